The number of carbonyl (C=O) groups is 1. The predicted molar refractivity (Wildman–Crippen MR) is 76.1 cm³/mol. The van der Waals surface area contributed by atoms with E-state index in [1.165, 1.54) is 0 Å². The van der Waals surface area contributed by atoms with E-state index in [9.17, 15) is 4.79 Å². The Kier molecular flexibility index (Phi) is 4.65. The van der Waals surface area contributed by atoms with Crippen LogP contribution in [0, 0.1) is 0 Å². The molecular formula is C15H18N2O3. The molecule has 0 bridgehead atoms. The van der Waals surface area contributed by atoms with Crippen LogP contribution in [0.1, 0.15) is 12.2 Å². The zero-order chi connectivity index (χ0) is 14.4. The lowest BCUT2D eigenvalue weighted by atomic mass is 10.3. The summed E-state index contributed by atoms with van der Waals surface area (Å²) in [7, 11) is 1.74. The van der Waals surface area contributed by atoms with Gasteiger partial charge in [-0.25, -0.2) is 0 Å². The second-order valence-electron chi connectivity index (χ2n) is 4.50. The summed E-state index contributed by atoms with van der Waals surface area (Å²) in [6, 6.07) is 10.7. The Balaban J connectivity index is 1.73. The highest BCUT2D eigenvalue weighted by Crippen LogP contribution is 2.13. The van der Waals surface area contributed by atoms with Gasteiger partial charge in [0.1, 0.15) is 11.5 Å². The fourth-order valence-electron chi connectivity index (χ4n) is 1.74. The quantitative estimate of drug-likeness (QED) is 0.821. The molecule has 0 aliphatic rings. The topological polar surface area (TPSA) is 68.7 Å². The Hall–Kier alpha value is -2.43. The highest BCUT2D eigenvalue weighted by molar-refractivity contribution is 5.75. The number of nitrogens with zero attached hydrogens (tertiary/aromatic N) is 1. The maximum atomic E-state index is 11.9. The molecule has 106 valence electrons. The number of hydrogen-bond acceptors (Lipinski definition) is 4. The Morgan fingerprint density at radius 3 is 2.70 bits per heavy atom. The predicted octanol–water partition coefficient (Wildman–Crippen LogP) is 2.29. The van der Waals surface area contributed by atoms with Crippen molar-refractivity contribution in [2.75, 3.05) is 19.4 Å². The maximum absolute atomic E-state index is 11.9. The second kappa shape index (κ2) is 6.65. The average molecular weight is 274 g/mol. The molecule has 0 atom stereocenters. The number of nitrogens with two attached hydrogens (primary N) is 1. The van der Waals surface area contributed by atoms with Crippen LogP contribution in [0.15, 0.2) is 47.1 Å². The van der Waals surface area contributed by atoms with Crippen molar-refractivity contribution in [1.29, 1.82) is 0 Å². The molecule has 2 aromatic rings. The van der Waals surface area contributed by atoms with Crippen molar-refractivity contribution in [1.82, 2.24) is 4.90 Å². The molecule has 1 amide bonds. The van der Waals surface area contributed by atoms with Crippen molar-refractivity contribution in [2.24, 2.45) is 0 Å². The number of ether oxygens (including phenoxy) is 1. The van der Waals surface area contributed by atoms with Crippen molar-refractivity contribution in [3.63, 3.8) is 0 Å². The number of benzene rings is 1. The maximum Gasteiger partial charge on any atom is 0.226 e. The van der Waals surface area contributed by atoms with Gasteiger partial charge >= 0.3 is 0 Å². The van der Waals surface area contributed by atoms with E-state index in [0.29, 0.717) is 31.0 Å². The van der Waals surface area contributed by atoms with E-state index in [-0.39, 0.29) is 5.91 Å². The molecule has 0 saturated carbocycles. The standard InChI is InChI=1S/C15H18N2O3/c1-17(11-14-3-2-9-19-14)15(18)8-10-20-13-6-4-12(16)5-7-13/h2-7,9H,8,10-11,16H2,1H3. The lowest BCUT2D eigenvalue weighted by molar-refractivity contribution is -0.131. The third-order valence-corrected chi connectivity index (χ3v) is 2.86. The molecule has 1 aromatic heterocycles. The Bertz CT molecular complexity index is 535. The first-order valence-electron chi connectivity index (χ1n) is 6.40. The average Bonchev–Trinajstić information content (AvgIpc) is 2.93. The van der Waals surface area contributed by atoms with Crippen molar-refractivity contribution in [3.8, 4) is 5.75 Å². The van der Waals surface area contributed by atoms with E-state index in [0.717, 1.165) is 5.76 Å². The Labute approximate surface area is 117 Å². The zero-order valence-electron chi connectivity index (χ0n) is 11.4. The number of carbonyl (C=O) groups excluding carboxylic acids is 1. The van der Waals surface area contributed by atoms with E-state index in [1.54, 1.807) is 48.5 Å². The number of hydrogen-bond donors (Lipinski definition) is 1. The SMILES string of the molecule is CN(Cc1ccco1)C(=O)CCOc1ccc(N)cc1. The molecule has 5 nitrogen and oxygen atoms in total. The highest BCUT2D eigenvalue weighted by atomic mass is 16.5. The van der Waals surface area contributed by atoms with Crippen LogP contribution in [0.2, 0.25) is 0 Å². The second-order valence-corrected chi connectivity index (χ2v) is 4.50. The van der Waals surface area contributed by atoms with Gasteiger partial charge in [0.05, 0.1) is 25.8 Å². The van der Waals surface area contributed by atoms with Crippen molar-refractivity contribution in [3.05, 3.63) is 48.4 Å². The van der Waals surface area contributed by atoms with Gasteiger partial charge in [0.2, 0.25) is 5.91 Å². The summed E-state index contributed by atoms with van der Waals surface area (Å²) in [4.78, 5) is 13.5. The van der Waals surface area contributed by atoms with Gasteiger partial charge in [0.25, 0.3) is 0 Å². The van der Waals surface area contributed by atoms with Gasteiger partial charge in [0, 0.05) is 12.7 Å². The van der Waals surface area contributed by atoms with Crippen LogP contribution >= 0.6 is 0 Å². The van der Waals surface area contributed by atoms with Crippen LogP contribution in [0.4, 0.5) is 5.69 Å². The summed E-state index contributed by atoms with van der Waals surface area (Å²) in [6.45, 7) is 0.805. The number of nitrogen functional groups attached to an aromatic ring is 1. The van der Waals surface area contributed by atoms with Crippen LogP contribution < -0.4 is 10.5 Å². The Morgan fingerprint density at radius 2 is 2.05 bits per heavy atom. The molecule has 0 aliphatic heterocycles. The van der Waals surface area contributed by atoms with Crippen molar-refractivity contribution >= 4 is 11.6 Å². The number of amides is 1. The summed E-state index contributed by atoms with van der Waals surface area (Å²) < 4.78 is 10.7. The van der Waals surface area contributed by atoms with Crippen LogP contribution in [-0.2, 0) is 11.3 Å². The zero-order valence-corrected chi connectivity index (χ0v) is 11.4. The van der Waals surface area contributed by atoms with Gasteiger partial charge in [0.15, 0.2) is 0 Å². The van der Waals surface area contributed by atoms with Gasteiger partial charge in [-0.2, -0.15) is 0 Å². The molecule has 20 heavy (non-hydrogen) atoms. The normalized spacial score (nSPS) is 10.2. The van der Waals surface area contributed by atoms with Gasteiger partial charge < -0.3 is 19.8 Å². The summed E-state index contributed by atoms with van der Waals surface area (Å²) in [6.07, 6.45) is 1.92. The van der Waals surface area contributed by atoms with Gasteiger partial charge in [-0.1, -0.05) is 0 Å². The summed E-state index contributed by atoms with van der Waals surface area (Å²) in [5, 5.41) is 0. The summed E-state index contributed by atoms with van der Waals surface area (Å²) in [5.41, 5.74) is 6.27. The van der Waals surface area contributed by atoms with E-state index < -0.39 is 0 Å². The lowest BCUT2D eigenvalue weighted by Gasteiger charge is -2.15. The van der Waals surface area contributed by atoms with E-state index >= 15 is 0 Å². The summed E-state index contributed by atoms with van der Waals surface area (Å²) >= 11 is 0. The molecule has 1 aromatic carbocycles. The smallest absolute Gasteiger partial charge is 0.226 e. The van der Waals surface area contributed by atoms with Gasteiger partial charge in [-0.15, -0.1) is 0 Å². The molecule has 2 N–H and O–H groups in total. The first-order chi connectivity index (χ1) is 9.65. The lowest BCUT2D eigenvalue weighted by Crippen LogP contribution is -2.27. The molecule has 0 saturated heterocycles. The molecule has 0 spiro atoms. The van der Waals surface area contributed by atoms with E-state index in [1.807, 2.05) is 6.07 Å². The number of rotatable bonds is 6. The molecule has 0 unspecified atom stereocenters. The van der Waals surface area contributed by atoms with Crippen LogP contribution in [0.5, 0.6) is 5.75 Å². The minimum atomic E-state index is 0.0110. The number of anilines is 1. The molecule has 0 radical (unpaired) electrons. The first kappa shape index (κ1) is 14.0. The largest absolute Gasteiger partial charge is 0.493 e. The van der Waals surface area contributed by atoms with Crippen LogP contribution in [0.25, 0.3) is 0 Å². The molecule has 2 rings (SSSR count). The van der Waals surface area contributed by atoms with Crippen LogP contribution in [-0.4, -0.2) is 24.5 Å². The van der Waals surface area contributed by atoms with Gasteiger partial charge in [-0.3, -0.25) is 4.79 Å². The third kappa shape index (κ3) is 4.05. The number of furan rings is 1. The van der Waals surface area contributed by atoms with Gasteiger partial charge in [-0.05, 0) is 36.4 Å². The van der Waals surface area contributed by atoms with E-state index in [2.05, 4.69) is 0 Å². The molecule has 5 heteroatoms. The molecule has 0 fully saturated rings. The fraction of sp³-hybridized carbons (Fsp3) is 0.267. The third-order valence-electron chi connectivity index (χ3n) is 2.86. The minimum Gasteiger partial charge on any atom is -0.493 e. The fourth-order valence-corrected chi connectivity index (χ4v) is 1.74. The molecular weight excluding hydrogens is 256 g/mol. The minimum absolute atomic E-state index is 0.0110. The Morgan fingerprint density at radius 1 is 1.30 bits per heavy atom. The van der Waals surface area contributed by atoms with Crippen molar-refractivity contribution in [2.45, 2.75) is 13.0 Å². The highest BCUT2D eigenvalue weighted by Gasteiger charge is 2.10. The van der Waals surface area contributed by atoms with E-state index in [4.69, 9.17) is 14.9 Å². The molecule has 0 aliphatic carbocycles. The summed E-state index contributed by atoms with van der Waals surface area (Å²) in [5.74, 6) is 1.48. The van der Waals surface area contributed by atoms with Crippen LogP contribution in [0.3, 0.4) is 0 Å². The molecule has 1 heterocycles. The monoisotopic (exact) mass is 274 g/mol. The first-order valence-corrected chi connectivity index (χ1v) is 6.40. The van der Waals surface area contributed by atoms with Crippen molar-refractivity contribution < 1.29 is 13.9 Å².